The van der Waals surface area contributed by atoms with Crippen molar-refractivity contribution >= 4 is 38.7 Å². The lowest BCUT2D eigenvalue weighted by Crippen LogP contribution is -2.03. The highest BCUT2D eigenvalue weighted by Crippen LogP contribution is 2.25. The molecule has 0 saturated heterocycles. The fourth-order valence-electron chi connectivity index (χ4n) is 2.36. The highest BCUT2D eigenvalue weighted by molar-refractivity contribution is 9.10. The minimum Gasteiger partial charge on any atom is -0.279 e. The Balaban J connectivity index is 2.34. The van der Waals surface area contributed by atoms with E-state index in [0.29, 0.717) is 5.88 Å². The second kappa shape index (κ2) is 5.54. The number of pyridine rings is 1. The number of alkyl halides is 1. The van der Waals surface area contributed by atoms with Crippen LogP contribution in [-0.2, 0) is 12.3 Å². The quantitative estimate of drug-likeness (QED) is 0.652. The van der Waals surface area contributed by atoms with E-state index in [9.17, 15) is 0 Å². The summed E-state index contributed by atoms with van der Waals surface area (Å²) in [7, 11) is 0. The maximum Gasteiger partial charge on any atom is 0.164 e. The number of imidazole rings is 1. The number of rotatable bonds is 3. The van der Waals surface area contributed by atoms with Crippen molar-refractivity contribution in [2.24, 2.45) is 0 Å². The Morgan fingerprint density at radius 1 is 1.30 bits per heavy atom. The zero-order valence-electron chi connectivity index (χ0n) is 11.0. The fourth-order valence-corrected chi connectivity index (χ4v) is 2.86. The van der Waals surface area contributed by atoms with Crippen LogP contribution in [0.2, 0.25) is 0 Å². The van der Waals surface area contributed by atoms with Crippen LogP contribution in [0.4, 0.5) is 0 Å². The highest BCUT2D eigenvalue weighted by atomic mass is 79.9. The Labute approximate surface area is 130 Å². The van der Waals surface area contributed by atoms with Crippen molar-refractivity contribution in [1.29, 1.82) is 0 Å². The van der Waals surface area contributed by atoms with Gasteiger partial charge in [-0.05, 0) is 40.0 Å². The van der Waals surface area contributed by atoms with Crippen molar-refractivity contribution in [3.05, 3.63) is 52.4 Å². The van der Waals surface area contributed by atoms with Crippen molar-refractivity contribution in [2.75, 3.05) is 0 Å². The Morgan fingerprint density at radius 2 is 2.10 bits per heavy atom. The van der Waals surface area contributed by atoms with Crippen molar-refractivity contribution in [1.82, 2.24) is 14.5 Å². The Morgan fingerprint density at radius 3 is 2.85 bits per heavy atom. The number of halogens is 2. The second-order valence-corrected chi connectivity index (χ2v) is 5.66. The van der Waals surface area contributed by atoms with E-state index >= 15 is 0 Å². The molecule has 1 aromatic carbocycles. The minimum atomic E-state index is 0.353. The number of benzene rings is 1. The summed E-state index contributed by atoms with van der Waals surface area (Å²) >= 11 is 9.49. The number of fused-ring (bicyclic) bond motifs is 1. The van der Waals surface area contributed by atoms with Gasteiger partial charge < -0.3 is 0 Å². The number of hydrogen-bond acceptors (Lipinski definition) is 2. The van der Waals surface area contributed by atoms with Gasteiger partial charge in [0, 0.05) is 10.7 Å². The third-order valence-corrected chi connectivity index (χ3v) is 3.94. The molecule has 3 aromatic rings. The van der Waals surface area contributed by atoms with E-state index < -0.39 is 0 Å². The van der Waals surface area contributed by atoms with E-state index in [-0.39, 0.29) is 0 Å². The summed E-state index contributed by atoms with van der Waals surface area (Å²) in [5.74, 6) is 1.17. The van der Waals surface area contributed by atoms with Crippen LogP contribution in [0.1, 0.15) is 18.3 Å². The van der Waals surface area contributed by atoms with Gasteiger partial charge in [-0.25, -0.2) is 9.97 Å². The van der Waals surface area contributed by atoms with Gasteiger partial charge in [-0.3, -0.25) is 4.57 Å². The van der Waals surface area contributed by atoms with Gasteiger partial charge in [0.1, 0.15) is 11.3 Å². The van der Waals surface area contributed by atoms with Crippen LogP contribution in [0.5, 0.6) is 0 Å². The van der Waals surface area contributed by atoms with E-state index in [4.69, 9.17) is 11.6 Å². The van der Waals surface area contributed by atoms with Crippen LogP contribution in [-0.4, -0.2) is 14.5 Å². The lowest BCUT2D eigenvalue weighted by atomic mass is 10.1. The van der Waals surface area contributed by atoms with Gasteiger partial charge in [0.25, 0.3) is 0 Å². The van der Waals surface area contributed by atoms with E-state index in [1.165, 1.54) is 5.56 Å². The van der Waals surface area contributed by atoms with Crippen molar-refractivity contribution < 1.29 is 0 Å². The van der Waals surface area contributed by atoms with Gasteiger partial charge >= 0.3 is 0 Å². The number of hydrogen-bond donors (Lipinski definition) is 0. The maximum atomic E-state index is 6.07. The molecule has 3 rings (SSSR count). The van der Waals surface area contributed by atoms with E-state index in [1.54, 1.807) is 6.20 Å². The first kappa shape index (κ1) is 13.6. The maximum absolute atomic E-state index is 6.07. The summed E-state index contributed by atoms with van der Waals surface area (Å²) in [5.41, 5.74) is 4.04. The van der Waals surface area contributed by atoms with Crippen LogP contribution >= 0.6 is 27.5 Å². The molecule has 0 unspecified atom stereocenters. The van der Waals surface area contributed by atoms with Crippen molar-refractivity contribution in [2.45, 2.75) is 19.2 Å². The number of nitrogens with zero attached hydrogens (tertiary/aromatic N) is 3. The number of aromatic nitrogens is 3. The summed E-state index contributed by atoms with van der Waals surface area (Å²) in [4.78, 5) is 9.08. The van der Waals surface area contributed by atoms with Gasteiger partial charge in [-0.1, -0.05) is 25.1 Å². The molecule has 0 aliphatic carbocycles. The first-order valence-corrected chi connectivity index (χ1v) is 7.74. The highest BCUT2D eigenvalue weighted by Gasteiger charge is 2.15. The summed E-state index contributed by atoms with van der Waals surface area (Å²) in [6.07, 6.45) is 2.74. The van der Waals surface area contributed by atoms with Crippen LogP contribution < -0.4 is 0 Å². The molecule has 0 amide bonds. The average Bonchev–Trinajstić information content (AvgIpc) is 2.84. The second-order valence-electron chi connectivity index (χ2n) is 4.48. The number of aryl methyl sites for hydroxylation is 1. The third kappa shape index (κ3) is 2.23. The largest absolute Gasteiger partial charge is 0.279 e. The molecule has 5 heteroatoms. The molecule has 0 aliphatic rings. The molecule has 0 bridgehead atoms. The molecule has 0 saturated carbocycles. The fraction of sp³-hybridized carbons (Fsp3) is 0.200. The molecular formula is C15H13BrClN3. The normalized spacial score (nSPS) is 11.2. The summed E-state index contributed by atoms with van der Waals surface area (Å²) < 4.78 is 2.97. The van der Waals surface area contributed by atoms with Crippen LogP contribution in [0.15, 0.2) is 41.0 Å². The van der Waals surface area contributed by atoms with Crippen LogP contribution in [0.3, 0.4) is 0 Å². The summed E-state index contributed by atoms with van der Waals surface area (Å²) in [5, 5.41) is 0. The van der Waals surface area contributed by atoms with Crippen molar-refractivity contribution in [3.8, 4) is 5.69 Å². The summed E-state index contributed by atoms with van der Waals surface area (Å²) in [6.45, 7) is 2.14. The van der Waals surface area contributed by atoms with Crippen LogP contribution in [0, 0.1) is 0 Å². The molecule has 0 atom stereocenters. The minimum absolute atomic E-state index is 0.353. The monoisotopic (exact) mass is 349 g/mol. The van der Waals surface area contributed by atoms with E-state index in [1.807, 2.05) is 22.8 Å². The Kier molecular flexibility index (Phi) is 3.76. The molecule has 102 valence electrons. The first-order chi connectivity index (χ1) is 9.74. The molecule has 0 aliphatic heterocycles. The smallest absolute Gasteiger partial charge is 0.164 e. The standard InChI is InChI=1S/C15H13BrClN3/c1-2-10-5-3-4-6-13(10)20-14(8-17)19-12-7-11(16)9-18-15(12)20/h3-7,9H,2,8H2,1H3. The van der Waals surface area contributed by atoms with Gasteiger partial charge in [-0.2, -0.15) is 0 Å². The summed E-state index contributed by atoms with van der Waals surface area (Å²) in [6, 6.07) is 10.2. The van der Waals surface area contributed by atoms with Crippen molar-refractivity contribution in [3.63, 3.8) is 0 Å². The lowest BCUT2D eigenvalue weighted by Gasteiger charge is -2.11. The zero-order valence-corrected chi connectivity index (χ0v) is 13.3. The molecule has 0 spiro atoms. The predicted molar refractivity (Wildman–Crippen MR) is 85.5 cm³/mol. The predicted octanol–water partition coefficient (Wildman–Crippen LogP) is 4.48. The zero-order chi connectivity index (χ0) is 14.1. The molecule has 0 radical (unpaired) electrons. The number of para-hydroxylation sites is 1. The molecule has 20 heavy (non-hydrogen) atoms. The van der Waals surface area contributed by atoms with Gasteiger partial charge in [-0.15, -0.1) is 11.6 Å². The molecule has 2 aromatic heterocycles. The Bertz CT molecular complexity index is 767. The van der Waals surface area contributed by atoms with E-state index in [0.717, 1.165) is 33.6 Å². The topological polar surface area (TPSA) is 30.7 Å². The first-order valence-electron chi connectivity index (χ1n) is 6.41. The lowest BCUT2D eigenvalue weighted by molar-refractivity contribution is 0.944. The van der Waals surface area contributed by atoms with Gasteiger partial charge in [0.2, 0.25) is 0 Å². The molecule has 0 fully saturated rings. The van der Waals surface area contributed by atoms with Crippen LogP contribution in [0.25, 0.3) is 16.9 Å². The van der Waals surface area contributed by atoms with E-state index in [2.05, 4.69) is 45.0 Å². The third-order valence-electron chi connectivity index (χ3n) is 3.27. The molecule has 0 N–H and O–H groups in total. The van der Waals surface area contributed by atoms with Gasteiger partial charge in [0.15, 0.2) is 5.65 Å². The molecular weight excluding hydrogens is 338 g/mol. The Hall–Kier alpha value is -1.39. The average molecular weight is 351 g/mol. The molecule has 2 heterocycles. The molecule has 3 nitrogen and oxygen atoms in total. The SMILES string of the molecule is CCc1ccccc1-n1c(CCl)nc2cc(Br)cnc21. The van der Waals surface area contributed by atoms with Gasteiger partial charge in [0.05, 0.1) is 11.6 Å².